The van der Waals surface area contributed by atoms with Crippen molar-refractivity contribution in [3.8, 4) is 0 Å². The van der Waals surface area contributed by atoms with Crippen molar-refractivity contribution in [3.63, 3.8) is 0 Å². The maximum absolute atomic E-state index is 10.8. The van der Waals surface area contributed by atoms with Gasteiger partial charge in [-0.25, -0.2) is 0 Å². The molecule has 76 valence electrons. The summed E-state index contributed by atoms with van der Waals surface area (Å²) in [5.41, 5.74) is 12.0. The molecule has 0 saturated heterocycles. The van der Waals surface area contributed by atoms with E-state index in [9.17, 15) is 4.79 Å². The Morgan fingerprint density at radius 3 is 2.43 bits per heavy atom. The number of anilines is 1. The van der Waals surface area contributed by atoms with Gasteiger partial charge in [-0.2, -0.15) is 0 Å². The molecule has 4 heteroatoms. The number of benzene rings is 1. The number of hydrogen-bond acceptors (Lipinski definition) is 3. The number of hydrogen-bond donors (Lipinski definition) is 3. The molecule has 1 rings (SSSR count). The molecule has 14 heavy (non-hydrogen) atoms. The van der Waals surface area contributed by atoms with Gasteiger partial charge in [-0.3, -0.25) is 4.79 Å². The molecule has 1 aromatic rings. The summed E-state index contributed by atoms with van der Waals surface area (Å²) in [5, 5.41) is 3.18. The van der Waals surface area contributed by atoms with Gasteiger partial charge in [0.25, 0.3) is 0 Å². The molecule has 1 amide bonds. The van der Waals surface area contributed by atoms with E-state index in [0.717, 1.165) is 5.69 Å². The molecule has 5 N–H and O–H groups in total. The van der Waals surface area contributed by atoms with Gasteiger partial charge in [-0.05, 0) is 31.2 Å². The summed E-state index contributed by atoms with van der Waals surface area (Å²) in [4.78, 5) is 10.8. The van der Waals surface area contributed by atoms with Crippen molar-refractivity contribution >= 4 is 11.6 Å². The number of nitrogens with two attached hydrogens (primary N) is 2. The number of carbonyl (C=O) groups excluding carboxylic acids is 1. The van der Waals surface area contributed by atoms with E-state index in [-0.39, 0.29) is 6.04 Å². The Morgan fingerprint density at radius 1 is 1.43 bits per heavy atom. The topological polar surface area (TPSA) is 81.1 Å². The van der Waals surface area contributed by atoms with Gasteiger partial charge in [-0.1, -0.05) is 0 Å². The number of carbonyl (C=O) groups is 1. The summed E-state index contributed by atoms with van der Waals surface area (Å²) >= 11 is 0. The van der Waals surface area contributed by atoms with Crippen LogP contribution in [0.4, 0.5) is 5.69 Å². The third-order valence-corrected chi connectivity index (χ3v) is 1.94. The molecule has 0 aliphatic heterocycles. The third-order valence-electron chi connectivity index (χ3n) is 1.94. The van der Waals surface area contributed by atoms with E-state index in [1.807, 2.05) is 19.1 Å². The second kappa shape index (κ2) is 4.62. The molecule has 0 heterocycles. The fourth-order valence-electron chi connectivity index (χ4n) is 1.07. The molecule has 1 unspecified atom stereocenters. The Hall–Kier alpha value is -1.55. The molecule has 0 saturated carbocycles. The van der Waals surface area contributed by atoms with Crippen LogP contribution < -0.4 is 16.8 Å². The molecule has 4 nitrogen and oxygen atoms in total. The van der Waals surface area contributed by atoms with E-state index < -0.39 is 5.91 Å². The highest BCUT2D eigenvalue weighted by atomic mass is 16.1. The van der Waals surface area contributed by atoms with Crippen LogP contribution in [0.3, 0.4) is 0 Å². The second-order valence-corrected chi connectivity index (χ2v) is 3.22. The predicted molar refractivity (Wildman–Crippen MR) is 57.1 cm³/mol. The summed E-state index contributed by atoms with van der Waals surface area (Å²) in [6.07, 6.45) is 0. The molecule has 1 aromatic carbocycles. The summed E-state index contributed by atoms with van der Waals surface area (Å²) < 4.78 is 0. The van der Waals surface area contributed by atoms with Crippen molar-refractivity contribution in [3.05, 3.63) is 29.8 Å². The summed E-state index contributed by atoms with van der Waals surface area (Å²) in [6, 6.07) is 7.22. The average Bonchev–Trinajstić information content (AvgIpc) is 2.18. The highest BCUT2D eigenvalue weighted by Crippen LogP contribution is 2.09. The predicted octanol–water partition coefficient (Wildman–Crippen LogP) is 0.545. The van der Waals surface area contributed by atoms with Crippen molar-refractivity contribution < 1.29 is 4.79 Å². The van der Waals surface area contributed by atoms with Crippen LogP contribution in [0.15, 0.2) is 24.3 Å². The zero-order valence-electron chi connectivity index (χ0n) is 8.16. The molecule has 0 aliphatic rings. The normalized spacial score (nSPS) is 12.1. The van der Waals surface area contributed by atoms with E-state index in [0.29, 0.717) is 12.1 Å². The lowest BCUT2D eigenvalue weighted by Gasteiger charge is -2.12. The SMILES string of the molecule is CC(CN)Nc1ccc(C(N)=O)cc1. The Morgan fingerprint density at radius 2 is 2.00 bits per heavy atom. The van der Waals surface area contributed by atoms with Crippen molar-refractivity contribution in [1.29, 1.82) is 0 Å². The maximum Gasteiger partial charge on any atom is 0.248 e. The van der Waals surface area contributed by atoms with Gasteiger partial charge in [0, 0.05) is 23.8 Å². The molecular formula is C10H15N3O. The van der Waals surface area contributed by atoms with E-state index >= 15 is 0 Å². The molecule has 0 fully saturated rings. The molecule has 0 spiro atoms. The lowest BCUT2D eigenvalue weighted by atomic mass is 10.2. The number of rotatable bonds is 4. The van der Waals surface area contributed by atoms with Gasteiger partial charge in [0.05, 0.1) is 0 Å². The second-order valence-electron chi connectivity index (χ2n) is 3.22. The third kappa shape index (κ3) is 2.74. The van der Waals surface area contributed by atoms with Gasteiger partial charge < -0.3 is 16.8 Å². The molecule has 0 aliphatic carbocycles. The standard InChI is InChI=1S/C10H15N3O/c1-7(6-11)13-9-4-2-8(3-5-9)10(12)14/h2-5,7,13H,6,11H2,1H3,(H2,12,14). The first kappa shape index (κ1) is 10.5. The zero-order valence-corrected chi connectivity index (χ0v) is 8.16. The largest absolute Gasteiger partial charge is 0.381 e. The quantitative estimate of drug-likeness (QED) is 0.653. The number of amides is 1. The molecule has 0 bridgehead atoms. The molecular weight excluding hydrogens is 178 g/mol. The van der Waals surface area contributed by atoms with Crippen LogP contribution in [0.2, 0.25) is 0 Å². The first-order valence-corrected chi connectivity index (χ1v) is 4.50. The number of primary amides is 1. The van der Waals surface area contributed by atoms with Crippen LogP contribution in [0.5, 0.6) is 0 Å². The summed E-state index contributed by atoms with van der Waals surface area (Å²) in [7, 11) is 0. The minimum absolute atomic E-state index is 0.217. The van der Waals surface area contributed by atoms with Crippen LogP contribution >= 0.6 is 0 Å². The van der Waals surface area contributed by atoms with Crippen LogP contribution in [-0.4, -0.2) is 18.5 Å². The fraction of sp³-hybridized carbons (Fsp3) is 0.300. The van der Waals surface area contributed by atoms with E-state index in [4.69, 9.17) is 11.5 Å². The smallest absolute Gasteiger partial charge is 0.248 e. The summed E-state index contributed by atoms with van der Waals surface area (Å²) in [6.45, 7) is 2.56. The van der Waals surface area contributed by atoms with Crippen molar-refractivity contribution in [2.75, 3.05) is 11.9 Å². The van der Waals surface area contributed by atoms with Crippen molar-refractivity contribution in [1.82, 2.24) is 0 Å². The van der Waals surface area contributed by atoms with E-state index in [1.54, 1.807) is 12.1 Å². The van der Waals surface area contributed by atoms with Crippen LogP contribution in [0, 0.1) is 0 Å². The average molecular weight is 193 g/mol. The highest BCUT2D eigenvalue weighted by molar-refractivity contribution is 5.93. The van der Waals surface area contributed by atoms with Crippen LogP contribution in [-0.2, 0) is 0 Å². The Kier molecular flexibility index (Phi) is 3.48. The van der Waals surface area contributed by atoms with Gasteiger partial charge in [0.2, 0.25) is 5.91 Å². The Labute approximate surface area is 83.3 Å². The van der Waals surface area contributed by atoms with Crippen molar-refractivity contribution in [2.45, 2.75) is 13.0 Å². The van der Waals surface area contributed by atoms with Crippen molar-refractivity contribution in [2.24, 2.45) is 11.5 Å². The van der Waals surface area contributed by atoms with Gasteiger partial charge in [0.15, 0.2) is 0 Å². The first-order chi connectivity index (χ1) is 6.63. The monoisotopic (exact) mass is 193 g/mol. The van der Waals surface area contributed by atoms with E-state index in [1.165, 1.54) is 0 Å². The molecule has 1 atom stereocenters. The lowest BCUT2D eigenvalue weighted by molar-refractivity contribution is 0.100. The fourth-order valence-corrected chi connectivity index (χ4v) is 1.07. The summed E-state index contributed by atoms with van der Waals surface area (Å²) in [5.74, 6) is -0.413. The van der Waals surface area contributed by atoms with Gasteiger partial charge in [-0.15, -0.1) is 0 Å². The lowest BCUT2D eigenvalue weighted by Crippen LogP contribution is -2.25. The highest BCUT2D eigenvalue weighted by Gasteiger charge is 2.01. The molecule has 0 aromatic heterocycles. The first-order valence-electron chi connectivity index (χ1n) is 4.50. The maximum atomic E-state index is 10.8. The van der Waals surface area contributed by atoms with Crippen LogP contribution in [0.1, 0.15) is 17.3 Å². The minimum atomic E-state index is -0.413. The zero-order chi connectivity index (χ0) is 10.6. The molecule has 0 radical (unpaired) electrons. The van der Waals surface area contributed by atoms with Gasteiger partial charge >= 0.3 is 0 Å². The van der Waals surface area contributed by atoms with Gasteiger partial charge in [0.1, 0.15) is 0 Å². The Bertz CT molecular complexity index is 308. The van der Waals surface area contributed by atoms with Crippen LogP contribution in [0.25, 0.3) is 0 Å². The van der Waals surface area contributed by atoms with E-state index in [2.05, 4.69) is 5.32 Å². The number of nitrogens with one attached hydrogen (secondary N) is 1. The minimum Gasteiger partial charge on any atom is -0.381 e. The Balaban J connectivity index is 2.68.